The van der Waals surface area contributed by atoms with Crippen LogP contribution in [0.1, 0.15) is 33.1 Å². The van der Waals surface area contributed by atoms with Crippen molar-refractivity contribution in [2.45, 2.75) is 39.2 Å². The molecule has 0 atom stereocenters. The molecule has 4 nitrogen and oxygen atoms in total. The molecule has 0 aliphatic rings. The van der Waals surface area contributed by atoms with E-state index in [-0.39, 0.29) is 34.0 Å². The van der Waals surface area contributed by atoms with Gasteiger partial charge in [-0.2, -0.15) is 0 Å². The van der Waals surface area contributed by atoms with E-state index in [1.165, 1.54) is 12.8 Å². The summed E-state index contributed by atoms with van der Waals surface area (Å²) in [6.45, 7) is 6.42. The number of fused-ring (bicyclic) bond motifs is 1. The van der Waals surface area contributed by atoms with Crippen LogP contribution in [0.5, 0.6) is 5.75 Å². The van der Waals surface area contributed by atoms with Crippen LogP contribution in [0.15, 0.2) is 30.5 Å². The van der Waals surface area contributed by atoms with Crippen molar-refractivity contribution in [2.24, 2.45) is 0 Å². The van der Waals surface area contributed by atoms with Gasteiger partial charge in [0.2, 0.25) is 0 Å². The van der Waals surface area contributed by atoms with E-state index >= 15 is 0 Å². The Morgan fingerprint density at radius 2 is 1.88 bits per heavy atom. The second-order valence-corrected chi connectivity index (χ2v) is 5.50. The molecule has 1 heterocycles. The third-order valence-corrected chi connectivity index (χ3v) is 4.00. The molecule has 2 N–H and O–H groups in total. The molecule has 0 saturated heterocycles. The number of anilines is 1. The van der Waals surface area contributed by atoms with Gasteiger partial charge in [-0.1, -0.05) is 19.9 Å². The number of hydrogen-bond acceptors (Lipinski definition) is 4. The molecule has 0 aliphatic heterocycles. The molecular formula is C18H29Br2N3O. The number of aromatic nitrogens is 1. The third kappa shape index (κ3) is 6.57. The Kier molecular flexibility index (Phi) is 12.1. The quantitative estimate of drug-likeness (QED) is 0.516. The first kappa shape index (κ1) is 23.1. The smallest absolute Gasteiger partial charge is 0.121 e. The third-order valence-electron chi connectivity index (χ3n) is 4.00. The average molecular weight is 463 g/mol. The van der Waals surface area contributed by atoms with Gasteiger partial charge in [0.25, 0.3) is 0 Å². The Hall–Kier alpha value is -0.850. The van der Waals surface area contributed by atoms with E-state index in [0.29, 0.717) is 6.04 Å². The van der Waals surface area contributed by atoms with Crippen LogP contribution in [-0.4, -0.2) is 31.2 Å². The van der Waals surface area contributed by atoms with Crippen molar-refractivity contribution < 1.29 is 4.74 Å². The number of rotatable bonds is 9. The molecule has 0 radical (unpaired) electrons. The maximum atomic E-state index is 5.37. The normalized spacial score (nSPS) is 10.2. The second kappa shape index (κ2) is 12.5. The van der Waals surface area contributed by atoms with Gasteiger partial charge in [0, 0.05) is 30.2 Å². The summed E-state index contributed by atoms with van der Waals surface area (Å²) in [4.78, 5) is 4.48. The molecule has 136 valence electrons. The Balaban J connectivity index is 0.00000264. The Morgan fingerprint density at radius 3 is 2.54 bits per heavy atom. The summed E-state index contributed by atoms with van der Waals surface area (Å²) in [6, 6.07) is 8.68. The van der Waals surface area contributed by atoms with Crippen molar-refractivity contribution in [3.63, 3.8) is 0 Å². The van der Waals surface area contributed by atoms with Crippen molar-refractivity contribution in [3.05, 3.63) is 30.5 Å². The van der Waals surface area contributed by atoms with E-state index < -0.39 is 0 Å². The van der Waals surface area contributed by atoms with E-state index in [0.717, 1.165) is 41.9 Å². The van der Waals surface area contributed by atoms with Gasteiger partial charge in [0.1, 0.15) is 5.75 Å². The molecule has 24 heavy (non-hydrogen) atoms. The summed E-state index contributed by atoms with van der Waals surface area (Å²) in [6.07, 6.45) is 5.29. The Bertz CT molecular complexity index is 591. The van der Waals surface area contributed by atoms with Gasteiger partial charge in [-0.25, -0.2) is 0 Å². The number of hydrogen-bond donors (Lipinski definition) is 2. The first-order valence-electron chi connectivity index (χ1n) is 8.18. The molecular weight excluding hydrogens is 434 g/mol. The van der Waals surface area contributed by atoms with Crippen molar-refractivity contribution in [3.8, 4) is 5.75 Å². The van der Waals surface area contributed by atoms with Crippen LogP contribution in [0.3, 0.4) is 0 Å². The first-order chi connectivity index (χ1) is 10.8. The fraction of sp³-hybridized carbons (Fsp3) is 0.500. The minimum absolute atomic E-state index is 0. The van der Waals surface area contributed by atoms with Crippen molar-refractivity contribution in [1.82, 2.24) is 10.3 Å². The van der Waals surface area contributed by atoms with Gasteiger partial charge in [-0.05, 0) is 37.9 Å². The number of methoxy groups -OCH3 is 1. The Morgan fingerprint density at radius 1 is 1.12 bits per heavy atom. The predicted octanol–water partition coefficient (Wildman–Crippen LogP) is 4.98. The number of nitrogens with one attached hydrogen (secondary N) is 2. The zero-order valence-electron chi connectivity index (χ0n) is 14.7. The molecule has 0 spiro atoms. The van der Waals surface area contributed by atoms with Gasteiger partial charge in [-0.15, -0.1) is 34.0 Å². The largest absolute Gasteiger partial charge is 0.497 e. The van der Waals surface area contributed by atoms with Gasteiger partial charge in [-0.3, -0.25) is 4.98 Å². The highest BCUT2D eigenvalue weighted by molar-refractivity contribution is 8.93. The van der Waals surface area contributed by atoms with Crippen molar-refractivity contribution in [1.29, 1.82) is 0 Å². The minimum atomic E-state index is 0. The summed E-state index contributed by atoms with van der Waals surface area (Å²) in [5, 5.41) is 8.17. The van der Waals surface area contributed by atoms with Crippen molar-refractivity contribution >= 4 is 50.6 Å². The van der Waals surface area contributed by atoms with Crippen LogP contribution in [0.2, 0.25) is 0 Å². The van der Waals surface area contributed by atoms with Gasteiger partial charge in [0.05, 0.1) is 18.3 Å². The highest BCUT2D eigenvalue weighted by Crippen LogP contribution is 2.27. The van der Waals surface area contributed by atoms with Crippen LogP contribution in [-0.2, 0) is 0 Å². The molecule has 0 bridgehead atoms. The number of nitrogens with zero attached hydrogens (tertiary/aromatic N) is 1. The molecule has 0 saturated carbocycles. The molecule has 0 amide bonds. The van der Waals surface area contributed by atoms with E-state index in [1.807, 2.05) is 24.4 Å². The van der Waals surface area contributed by atoms with Crippen LogP contribution < -0.4 is 15.4 Å². The summed E-state index contributed by atoms with van der Waals surface area (Å²) in [5.74, 6) is 0.859. The standard InChI is InChI=1S/C18H27N3O.2BrH/c1-4-15(5-2)19-10-7-11-20-17-13-16(22-3)12-14-8-6-9-21-18(14)17;;/h6,8-9,12-13,15,19-20H,4-5,7,10-11H2,1-3H3;2*1H. The monoisotopic (exact) mass is 461 g/mol. The zero-order chi connectivity index (χ0) is 15.8. The fourth-order valence-electron chi connectivity index (χ4n) is 2.61. The summed E-state index contributed by atoms with van der Waals surface area (Å²) < 4.78 is 5.37. The molecule has 2 aromatic rings. The molecule has 0 fully saturated rings. The molecule has 0 unspecified atom stereocenters. The van der Waals surface area contributed by atoms with Crippen LogP contribution in [0.4, 0.5) is 5.69 Å². The molecule has 0 aliphatic carbocycles. The molecule has 2 rings (SSSR count). The van der Waals surface area contributed by atoms with Gasteiger partial charge < -0.3 is 15.4 Å². The predicted molar refractivity (Wildman–Crippen MR) is 114 cm³/mol. The highest BCUT2D eigenvalue weighted by Gasteiger charge is 2.05. The van der Waals surface area contributed by atoms with Crippen LogP contribution >= 0.6 is 34.0 Å². The molecule has 1 aromatic carbocycles. The zero-order valence-corrected chi connectivity index (χ0v) is 18.1. The summed E-state index contributed by atoms with van der Waals surface area (Å²) in [7, 11) is 1.70. The van der Waals surface area contributed by atoms with Crippen molar-refractivity contribution in [2.75, 3.05) is 25.5 Å². The number of halogens is 2. The SMILES string of the molecule is Br.Br.CCC(CC)NCCCNc1cc(OC)cc2cccnc12. The van der Waals surface area contributed by atoms with Crippen LogP contribution in [0.25, 0.3) is 10.9 Å². The van der Waals surface area contributed by atoms with E-state index in [1.54, 1.807) is 7.11 Å². The molecule has 1 aromatic heterocycles. The lowest BCUT2D eigenvalue weighted by Crippen LogP contribution is -2.29. The topological polar surface area (TPSA) is 46.2 Å². The lowest BCUT2D eigenvalue weighted by Gasteiger charge is -2.15. The van der Waals surface area contributed by atoms with Gasteiger partial charge >= 0.3 is 0 Å². The minimum Gasteiger partial charge on any atom is -0.497 e. The van der Waals surface area contributed by atoms with Gasteiger partial charge in [0.15, 0.2) is 0 Å². The lowest BCUT2D eigenvalue weighted by molar-refractivity contribution is 0.415. The van der Waals surface area contributed by atoms with E-state index in [2.05, 4.69) is 35.5 Å². The molecule has 6 heteroatoms. The maximum Gasteiger partial charge on any atom is 0.121 e. The Labute approximate surface area is 166 Å². The maximum absolute atomic E-state index is 5.37. The summed E-state index contributed by atoms with van der Waals surface area (Å²) >= 11 is 0. The summed E-state index contributed by atoms with van der Waals surface area (Å²) in [5.41, 5.74) is 2.04. The van der Waals surface area contributed by atoms with E-state index in [4.69, 9.17) is 4.74 Å². The second-order valence-electron chi connectivity index (χ2n) is 5.50. The number of ether oxygens (including phenoxy) is 1. The van der Waals surface area contributed by atoms with Crippen LogP contribution in [0, 0.1) is 0 Å². The first-order valence-corrected chi connectivity index (χ1v) is 8.18. The fourth-order valence-corrected chi connectivity index (χ4v) is 2.61. The number of benzene rings is 1. The average Bonchev–Trinajstić information content (AvgIpc) is 2.57. The lowest BCUT2D eigenvalue weighted by atomic mass is 10.1. The van der Waals surface area contributed by atoms with E-state index in [9.17, 15) is 0 Å². The highest BCUT2D eigenvalue weighted by atomic mass is 79.9. The number of pyridine rings is 1.